The van der Waals surface area contributed by atoms with Gasteiger partial charge in [-0.25, -0.2) is 9.97 Å². The van der Waals surface area contributed by atoms with E-state index in [-0.39, 0.29) is 0 Å². The van der Waals surface area contributed by atoms with Gasteiger partial charge in [0, 0.05) is 5.56 Å². The summed E-state index contributed by atoms with van der Waals surface area (Å²) < 4.78 is 0. The zero-order valence-electron chi connectivity index (χ0n) is 10.1. The molecule has 0 spiro atoms. The Balaban J connectivity index is 2.29. The van der Waals surface area contributed by atoms with Gasteiger partial charge in [-0.05, 0) is 12.1 Å². The van der Waals surface area contributed by atoms with E-state index < -0.39 is 0 Å². The molecule has 0 unspecified atom stereocenters. The normalized spacial score (nSPS) is 11.2. The molecule has 1 heterocycles. The third-order valence-corrected chi connectivity index (χ3v) is 2.82. The SMILES string of the molecule is O/N=C/c1nc2ccccc2nc1-c1ccccc1. The first-order chi connectivity index (χ1) is 9.38. The van der Waals surface area contributed by atoms with Crippen molar-refractivity contribution < 1.29 is 5.21 Å². The van der Waals surface area contributed by atoms with Gasteiger partial charge in [-0.3, -0.25) is 0 Å². The summed E-state index contributed by atoms with van der Waals surface area (Å²) in [6.45, 7) is 0. The minimum Gasteiger partial charge on any atom is -0.411 e. The average Bonchev–Trinajstić information content (AvgIpc) is 2.48. The topological polar surface area (TPSA) is 58.4 Å². The first-order valence-corrected chi connectivity index (χ1v) is 5.88. The highest BCUT2D eigenvalue weighted by Crippen LogP contribution is 2.22. The standard InChI is InChI=1S/C15H11N3O/c19-16-10-14-15(11-6-2-1-3-7-11)18-13-9-5-4-8-12(13)17-14/h1-10,19H/b16-10+. The van der Waals surface area contributed by atoms with Gasteiger partial charge in [-0.1, -0.05) is 47.6 Å². The summed E-state index contributed by atoms with van der Waals surface area (Å²) in [5.41, 5.74) is 3.79. The van der Waals surface area contributed by atoms with Crippen molar-refractivity contribution in [3.05, 3.63) is 60.3 Å². The first-order valence-electron chi connectivity index (χ1n) is 5.88. The largest absolute Gasteiger partial charge is 0.411 e. The lowest BCUT2D eigenvalue weighted by Gasteiger charge is -2.06. The van der Waals surface area contributed by atoms with Gasteiger partial charge < -0.3 is 5.21 Å². The Morgan fingerprint density at radius 2 is 1.47 bits per heavy atom. The molecule has 3 aromatic rings. The van der Waals surface area contributed by atoms with Gasteiger partial charge in [0.2, 0.25) is 0 Å². The molecule has 0 atom stereocenters. The minimum atomic E-state index is 0.549. The van der Waals surface area contributed by atoms with Gasteiger partial charge >= 0.3 is 0 Å². The van der Waals surface area contributed by atoms with Crippen LogP contribution in [0, 0.1) is 0 Å². The second-order valence-corrected chi connectivity index (χ2v) is 4.06. The van der Waals surface area contributed by atoms with Gasteiger partial charge in [0.25, 0.3) is 0 Å². The van der Waals surface area contributed by atoms with Crippen molar-refractivity contribution >= 4 is 17.2 Å². The van der Waals surface area contributed by atoms with Crippen molar-refractivity contribution in [2.24, 2.45) is 5.16 Å². The molecule has 4 nitrogen and oxygen atoms in total. The maximum absolute atomic E-state index is 8.76. The average molecular weight is 249 g/mol. The van der Waals surface area contributed by atoms with Crippen LogP contribution in [0.4, 0.5) is 0 Å². The number of benzene rings is 2. The highest BCUT2D eigenvalue weighted by atomic mass is 16.4. The first kappa shape index (κ1) is 11.3. The van der Waals surface area contributed by atoms with Gasteiger partial charge in [-0.15, -0.1) is 0 Å². The van der Waals surface area contributed by atoms with Crippen molar-refractivity contribution in [1.29, 1.82) is 0 Å². The number of hydrogen-bond donors (Lipinski definition) is 1. The van der Waals surface area contributed by atoms with Crippen LogP contribution in [0.3, 0.4) is 0 Å². The molecule has 0 saturated heterocycles. The van der Waals surface area contributed by atoms with Crippen LogP contribution < -0.4 is 0 Å². The summed E-state index contributed by atoms with van der Waals surface area (Å²) >= 11 is 0. The van der Waals surface area contributed by atoms with Crippen LogP contribution in [0.1, 0.15) is 5.69 Å². The maximum Gasteiger partial charge on any atom is 0.112 e. The molecule has 1 aromatic heterocycles. The van der Waals surface area contributed by atoms with E-state index in [1.165, 1.54) is 6.21 Å². The van der Waals surface area contributed by atoms with Gasteiger partial charge in [0.1, 0.15) is 5.69 Å². The predicted molar refractivity (Wildman–Crippen MR) is 74.4 cm³/mol. The van der Waals surface area contributed by atoms with Crippen molar-refractivity contribution in [2.45, 2.75) is 0 Å². The summed E-state index contributed by atoms with van der Waals surface area (Å²) in [6.07, 6.45) is 1.31. The molecule has 0 aliphatic heterocycles. The Kier molecular flexibility index (Phi) is 2.90. The maximum atomic E-state index is 8.76. The van der Waals surface area contributed by atoms with Gasteiger partial charge in [0.05, 0.1) is 22.9 Å². The second kappa shape index (κ2) is 4.86. The lowest BCUT2D eigenvalue weighted by molar-refractivity contribution is 0.321. The number of fused-ring (bicyclic) bond motifs is 1. The molecule has 2 aromatic carbocycles. The molecule has 0 aliphatic carbocycles. The highest BCUT2D eigenvalue weighted by molar-refractivity contribution is 5.90. The Morgan fingerprint density at radius 1 is 0.842 bits per heavy atom. The van der Waals surface area contributed by atoms with Crippen LogP contribution in [-0.2, 0) is 0 Å². The molecular weight excluding hydrogens is 238 g/mol. The van der Waals surface area contributed by atoms with Crippen molar-refractivity contribution in [1.82, 2.24) is 9.97 Å². The lowest BCUT2D eigenvalue weighted by Crippen LogP contribution is -1.98. The Bertz CT molecular complexity index is 739. The predicted octanol–water partition coefficient (Wildman–Crippen LogP) is 3.10. The number of nitrogens with zero attached hydrogens (tertiary/aromatic N) is 3. The smallest absolute Gasteiger partial charge is 0.112 e. The highest BCUT2D eigenvalue weighted by Gasteiger charge is 2.09. The molecule has 1 N–H and O–H groups in total. The monoisotopic (exact) mass is 249 g/mol. The molecule has 0 aliphatic rings. The van der Waals surface area contributed by atoms with E-state index in [1.54, 1.807) is 0 Å². The van der Waals surface area contributed by atoms with Crippen molar-refractivity contribution in [3.63, 3.8) is 0 Å². The van der Waals surface area contributed by atoms with Crippen LogP contribution in [0.5, 0.6) is 0 Å². The van der Waals surface area contributed by atoms with E-state index in [4.69, 9.17) is 5.21 Å². The fourth-order valence-electron chi connectivity index (χ4n) is 1.97. The van der Waals surface area contributed by atoms with E-state index >= 15 is 0 Å². The summed E-state index contributed by atoms with van der Waals surface area (Å²) in [5, 5.41) is 11.8. The molecule has 0 bridgehead atoms. The summed E-state index contributed by atoms with van der Waals surface area (Å²) in [5.74, 6) is 0. The molecule has 3 rings (SSSR count). The van der Waals surface area contributed by atoms with Gasteiger partial charge in [0.15, 0.2) is 0 Å². The third kappa shape index (κ3) is 2.15. The van der Waals surface area contributed by atoms with Crippen LogP contribution in [-0.4, -0.2) is 21.4 Å². The molecule has 19 heavy (non-hydrogen) atoms. The molecule has 0 radical (unpaired) electrons. The van der Waals surface area contributed by atoms with Crippen LogP contribution in [0.25, 0.3) is 22.3 Å². The minimum absolute atomic E-state index is 0.549. The fourth-order valence-corrected chi connectivity index (χ4v) is 1.97. The summed E-state index contributed by atoms with van der Waals surface area (Å²) in [6, 6.07) is 17.3. The van der Waals surface area contributed by atoms with E-state index in [1.807, 2.05) is 54.6 Å². The van der Waals surface area contributed by atoms with E-state index in [0.717, 1.165) is 16.6 Å². The van der Waals surface area contributed by atoms with E-state index in [9.17, 15) is 0 Å². The second-order valence-electron chi connectivity index (χ2n) is 4.06. The Morgan fingerprint density at radius 3 is 2.16 bits per heavy atom. The molecule has 92 valence electrons. The van der Waals surface area contributed by atoms with Crippen LogP contribution in [0.2, 0.25) is 0 Å². The molecular formula is C15H11N3O. The van der Waals surface area contributed by atoms with Crippen molar-refractivity contribution in [3.8, 4) is 11.3 Å². The number of oxime groups is 1. The number of aromatic nitrogens is 2. The Hall–Kier alpha value is -2.75. The van der Waals surface area contributed by atoms with E-state index in [0.29, 0.717) is 11.4 Å². The number of hydrogen-bond acceptors (Lipinski definition) is 4. The van der Waals surface area contributed by atoms with Crippen molar-refractivity contribution in [2.75, 3.05) is 0 Å². The molecule has 0 amide bonds. The third-order valence-electron chi connectivity index (χ3n) is 2.82. The zero-order chi connectivity index (χ0) is 13.1. The molecule has 4 heteroatoms. The van der Waals surface area contributed by atoms with Gasteiger partial charge in [-0.2, -0.15) is 0 Å². The number of para-hydroxylation sites is 2. The van der Waals surface area contributed by atoms with Crippen LogP contribution in [0.15, 0.2) is 59.8 Å². The summed E-state index contributed by atoms with van der Waals surface area (Å²) in [7, 11) is 0. The summed E-state index contributed by atoms with van der Waals surface area (Å²) in [4.78, 5) is 9.07. The molecule has 0 fully saturated rings. The fraction of sp³-hybridized carbons (Fsp3) is 0. The van der Waals surface area contributed by atoms with E-state index in [2.05, 4.69) is 15.1 Å². The molecule has 0 saturated carbocycles. The quantitative estimate of drug-likeness (QED) is 0.431. The Labute approximate surface area is 110 Å². The lowest BCUT2D eigenvalue weighted by atomic mass is 10.1. The van der Waals surface area contributed by atoms with Crippen LogP contribution >= 0.6 is 0 Å². The zero-order valence-corrected chi connectivity index (χ0v) is 10.1. The number of rotatable bonds is 2.